The van der Waals surface area contributed by atoms with E-state index in [0.29, 0.717) is 17.3 Å². The number of ether oxygens (including phenoxy) is 1. The Morgan fingerprint density at radius 2 is 2.00 bits per heavy atom. The molecule has 0 bridgehead atoms. The Balaban J connectivity index is 2.03. The van der Waals surface area contributed by atoms with Crippen LogP contribution in [-0.2, 0) is 4.79 Å². The van der Waals surface area contributed by atoms with Gasteiger partial charge in [0.2, 0.25) is 11.8 Å². The molecule has 0 spiro atoms. The van der Waals surface area contributed by atoms with E-state index in [2.05, 4.69) is 10.3 Å². The Bertz CT molecular complexity index is 699. The number of benzene rings is 2. The van der Waals surface area contributed by atoms with Gasteiger partial charge in [-0.25, -0.2) is 4.99 Å². The molecule has 1 heterocycles. The molecule has 0 radical (unpaired) electrons. The van der Waals surface area contributed by atoms with Crippen molar-refractivity contribution >= 4 is 29.3 Å². The minimum atomic E-state index is -0.148. The SMILES string of the molecule is CSc1ccc2c(c1)OC(c1ccccc1)=NCC(=O)N2. The van der Waals surface area contributed by atoms with Crippen molar-refractivity contribution in [3.05, 3.63) is 54.1 Å². The monoisotopic (exact) mass is 298 g/mol. The maximum atomic E-state index is 11.9. The Kier molecular flexibility index (Phi) is 3.92. The van der Waals surface area contributed by atoms with E-state index in [9.17, 15) is 4.79 Å². The number of thioether (sulfide) groups is 1. The Labute approximate surface area is 127 Å². The van der Waals surface area contributed by atoms with Gasteiger partial charge in [-0.15, -0.1) is 11.8 Å². The number of carbonyl (C=O) groups excluding carboxylic acids is 1. The Hall–Kier alpha value is -2.27. The average Bonchev–Trinajstić information content (AvgIpc) is 2.51. The van der Waals surface area contributed by atoms with Crippen LogP contribution in [0.25, 0.3) is 0 Å². The number of fused-ring (bicyclic) bond motifs is 1. The van der Waals surface area contributed by atoms with Crippen LogP contribution in [0.4, 0.5) is 5.69 Å². The van der Waals surface area contributed by atoms with Crippen LogP contribution in [0.15, 0.2) is 58.4 Å². The first-order valence-electron chi connectivity index (χ1n) is 6.52. The van der Waals surface area contributed by atoms with Crippen LogP contribution in [0.5, 0.6) is 5.75 Å². The summed E-state index contributed by atoms with van der Waals surface area (Å²) < 4.78 is 5.94. The quantitative estimate of drug-likeness (QED) is 0.866. The lowest BCUT2D eigenvalue weighted by atomic mass is 10.2. The highest BCUT2D eigenvalue weighted by Gasteiger charge is 2.16. The van der Waals surface area contributed by atoms with E-state index in [1.165, 1.54) is 0 Å². The van der Waals surface area contributed by atoms with Gasteiger partial charge >= 0.3 is 0 Å². The summed E-state index contributed by atoms with van der Waals surface area (Å²) >= 11 is 1.62. The van der Waals surface area contributed by atoms with Crippen LogP contribution in [-0.4, -0.2) is 24.6 Å². The highest BCUT2D eigenvalue weighted by Crippen LogP contribution is 2.31. The van der Waals surface area contributed by atoms with Gasteiger partial charge in [0.25, 0.3) is 0 Å². The maximum Gasteiger partial charge on any atom is 0.246 e. The van der Waals surface area contributed by atoms with Crippen LogP contribution in [0.1, 0.15) is 5.56 Å². The molecule has 4 nitrogen and oxygen atoms in total. The standard InChI is InChI=1S/C16H14N2O2S/c1-21-12-7-8-13-14(9-12)20-16(17-10-15(19)18-13)11-5-3-2-4-6-11/h2-9H,10H2,1H3,(H,18,19). The summed E-state index contributed by atoms with van der Waals surface area (Å²) in [6.07, 6.45) is 2.00. The lowest BCUT2D eigenvalue weighted by Gasteiger charge is -2.17. The summed E-state index contributed by atoms with van der Waals surface area (Å²) in [5.74, 6) is 0.923. The predicted molar refractivity (Wildman–Crippen MR) is 85.3 cm³/mol. The summed E-state index contributed by atoms with van der Waals surface area (Å²) in [5, 5.41) is 2.81. The molecule has 0 fully saturated rings. The van der Waals surface area contributed by atoms with Gasteiger partial charge < -0.3 is 10.1 Å². The third-order valence-corrected chi connectivity index (χ3v) is 3.78. The van der Waals surface area contributed by atoms with E-state index in [4.69, 9.17) is 4.74 Å². The molecule has 1 aliphatic heterocycles. The van der Waals surface area contributed by atoms with Gasteiger partial charge in [-0.1, -0.05) is 18.2 Å². The Morgan fingerprint density at radius 1 is 1.19 bits per heavy atom. The molecule has 5 heteroatoms. The van der Waals surface area contributed by atoms with Gasteiger partial charge in [-0.3, -0.25) is 4.79 Å². The van der Waals surface area contributed by atoms with Crippen molar-refractivity contribution in [2.45, 2.75) is 4.90 Å². The van der Waals surface area contributed by atoms with Crippen molar-refractivity contribution in [2.24, 2.45) is 4.99 Å². The predicted octanol–water partition coefficient (Wildman–Crippen LogP) is 3.19. The fraction of sp³-hybridized carbons (Fsp3) is 0.125. The first-order valence-corrected chi connectivity index (χ1v) is 7.74. The smallest absolute Gasteiger partial charge is 0.246 e. The fourth-order valence-electron chi connectivity index (χ4n) is 2.02. The zero-order valence-electron chi connectivity index (χ0n) is 11.5. The second kappa shape index (κ2) is 6.01. The van der Waals surface area contributed by atoms with Crippen LogP contribution in [0.2, 0.25) is 0 Å². The van der Waals surface area contributed by atoms with E-state index in [1.54, 1.807) is 11.8 Å². The number of carbonyl (C=O) groups is 1. The van der Waals surface area contributed by atoms with Gasteiger partial charge in [0, 0.05) is 10.5 Å². The fourth-order valence-corrected chi connectivity index (χ4v) is 2.45. The Morgan fingerprint density at radius 3 is 2.76 bits per heavy atom. The van der Waals surface area contributed by atoms with Gasteiger partial charge in [-0.2, -0.15) is 0 Å². The van der Waals surface area contributed by atoms with Crippen molar-refractivity contribution in [3.8, 4) is 5.75 Å². The molecule has 0 saturated heterocycles. The minimum Gasteiger partial charge on any atom is -0.437 e. The zero-order chi connectivity index (χ0) is 14.7. The number of rotatable bonds is 2. The second-order valence-electron chi connectivity index (χ2n) is 4.50. The molecule has 0 unspecified atom stereocenters. The van der Waals surface area contributed by atoms with Crippen molar-refractivity contribution in [1.82, 2.24) is 0 Å². The average molecular weight is 298 g/mol. The van der Waals surface area contributed by atoms with E-state index in [1.807, 2.05) is 54.8 Å². The first-order chi connectivity index (χ1) is 10.3. The van der Waals surface area contributed by atoms with Gasteiger partial charge in [0.05, 0.1) is 5.69 Å². The highest BCUT2D eigenvalue weighted by molar-refractivity contribution is 7.98. The summed E-state index contributed by atoms with van der Waals surface area (Å²) in [6, 6.07) is 15.3. The molecule has 106 valence electrons. The van der Waals surface area contributed by atoms with Crippen LogP contribution in [0.3, 0.4) is 0 Å². The highest BCUT2D eigenvalue weighted by atomic mass is 32.2. The number of amides is 1. The molecule has 3 rings (SSSR count). The molecule has 21 heavy (non-hydrogen) atoms. The molecule has 2 aromatic carbocycles. The lowest BCUT2D eigenvalue weighted by molar-refractivity contribution is -0.114. The molecule has 0 saturated carbocycles. The topological polar surface area (TPSA) is 50.7 Å². The molecule has 1 aliphatic rings. The normalized spacial score (nSPS) is 14.1. The van der Waals surface area contributed by atoms with E-state index in [0.717, 1.165) is 10.5 Å². The summed E-state index contributed by atoms with van der Waals surface area (Å²) in [6.45, 7) is 0.0496. The van der Waals surface area contributed by atoms with Gasteiger partial charge in [0.1, 0.15) is 6.54 Å². The third kappa shape index (κ3) is 3.08. The number of aliphatic imine (C=N–C) groups is 1. The number of hydrogen-bond donors (Lipinski definition) is 1. The second-order valence-corrected chi connectivity index (χ2v) is 5.38. The van der Waals surface area contributed by atoms with Gasteiger partial charge in [0.15, 0.2) is 5.75 Å². The van der Waals surface area contributed by atoms with Crippen LogP contribution in [0, 0.1) is 0 Å². The summed E-state index contributed by atoms with van der Waals surface area (Å²) in [5.41, 5.74) is 1.52. The van der Waals surface area contributed by atoms with Crippen LogP contribution >= 0.6 is 11.8 Å². The van der Waals surface area contributed by atoms with Crippen molar-refractivity contribution in [2.75, 3.05) is 18.1 Å². The number of nitrogens with zero attached hydrogens (tertiary/aromatic N) is 1. The summed E-state index contributed by atoms with van der Waals surface area (Å²) in [7, 11) is 0. The minimum absolute atomic E-state index is 0.0496. The number of anilines is 1. The maximum absolute atomic E-state index is 11.9. The molecular formula is C16H14N2O2S. The van der Waals surface area contributed by atoms with Crippen molar-refractivity contribution in [3.63, 3.8) is 0 Å². The zero-order valence-corrected chi connectivity index (χ0v) is 12.3. The van der Waals surface area contributed by atoms with E-state index in [-0.39, 0.29) is 12.5 Å². The summed E-state index contributed by atoms with van der Waals surface area (Å²) in [4.78, 5) is 17.2. The molecular weight excluding hydrogens is 284 g/mol. The number of hydrogen-bond acceptors (Lipinski definition) is 4. The van der Waals surface area contributed by atoms with Crippen molar-refractivity contribution < 1.29 is 9.53 Å². The third-order valence-electron chi connectivity index (χ3n) is 3.06. The first kappa shape index (κ1) is 13.7. The molecule has 1 amide bonds. The van der Waals surface area contributed by atoms with Gasteiger partial charge in [-0.05, 0) is 36.6 Å². The molecule has 1 N–H and O–H groups in total. The van der Waals surface area contributed by atoms with Crippen LogP contribution < -0.4 is 10.1 Å². The molecule has 0 atom stereocenters. The number of nitrogens with one attached hydrogen (secondary N) is 1. The van der Waals surface area contributed by atoms with E-state index >= 15 is 0 Å². The van der Waals surface area contributed by atoms with E-state index < -0.39 is 0 Å². The van der Waals surface area contributed by atoms with Crippen molar-refractivity contribution in [1.29, 1.82) is 0 Å². The molecule has 2 aromatic rings. The lowest BCUT2D eigenvalue weighted by Crippen LogP contribution is -2.22. The molecule has 0 aliphatic carbocycles. The largest absolute Gasteiger partial charge is 0.437 e. The molecule has 0 aromatic heterocycles.